The maximum Gasteiger partial charge on any atom is 0.319 e. The molecule has 0 saturated heterocycles. The Bertz CT molecular complexity index is 903. The minimum absolute atomic E-state index is 0.00271. The Kier molecular flexibility index (Phi) is 8.67. The van der Waals surface area contributed by atoms with E-state index in [0.29, 0.717) is 22.7 Å². The first kappa shape index (κ1) is 23.2. The van der Waals surface area contributed by atoms with Crippen LogP contribution < -0.4 is 14.8 Å². The summed E-state index contributed by atoms with van der Waals surface area (Å²) in [5, 5.41) is 1.95. The van der Waals surface area contributed by atoms with Crippen molar-refractivity contribution in [3.63, 3.8) is 0 Å². The summed E-state index contributed by atoms with van der Waals surface area (Å²) in [6.45, 7) is 1.15. The Labute approximate surface area is 177 Å². The van der Waals surface area contributed by atoms with Gasteiger partial charge in [0.25, 0.3) is 0 Å². The van der Waals surface area contributed by atoms with Crippen LogP contribution in [0.25, 0.3) is 0 Å². The maximum atomic E-state index is 12.9. The summed E-state index contributed by atoms with van der Waals surface area (Å²) < 4.78 is 28.2. The highest BCUT2D eigenvalue weighted by Crippen LogP contribution is 2.27. The van der Waals surface area contributed by atoms with E-state index in [-0.39, 0.29) is 11.7 Å². The molecule has 1 atom stereocenters. The van der Waals surface area contributed by atoms with Gasteiger partial charge in [0.1, 0.15) is 11.1 Å². The van der Waals surface area contributed by atoms with E-state index in [9.17, 15) is 18.8 Å². The van der Waals surface area contributed by atoms with Gasteiger partial charge in [0.2, 0.25) is 5.91 Å². The van der Waals surface area contributed by atoms with Crippen molar-refractivity contribution >= 4 is 35.1 Å². The van der Waals surface area contributed by atoms with Gasteiger partial charge in [-0.1, -0.05) is 0 Å². The lowest BCUT2D eigenvalue weighted by Gasteiger charge is -2.12. The summed E-state index contributed by atoms with van der Waals surface area (Å²) in [6.07, 6.45) is 0. The number of carbonyl (C=O) groups excluding carboxylic acids is 3. The van der Waals surface area contributed by atoms with Crippen LogP contribution in [0, 0.1) is 5.82 Å². The fourth-order valence-electron chi connectivity index (χ4n) is 2.35. The number of carbonyl (C=O) groups is 3. The molecule has 0 aliphatic rings. The van der Waals surface area contributed by atoms with Crippen molar-refractivity contribution < 1.29 is 33.0 Å². The Morgan fingerprint density at radius 2 is 1.70 bits per heavy atom. The summed E-state index contributed by atoms with van der Waals surface area (Å²) in [4.78, 5) is 36.3. The highest BCUT2D eigenvalue weighted by Gasteiger charge is 2.19. The van der Waals surface area contributed by atoms with Gasteiger partial charge in [-0.25, -0.2) is 4.39 Å². The third-order valence-electron chi connectivity index (χ3n) is 3.98. The molecule has 0 aromatic heterocycles. The Morgan fingerprint density at radius 3 is 2.33 bits per heavy atom. The van der Waals surface area contributed by atoms with Crippen LogP contribution in [0.15, 0.2) is 42.5 Å². The fourth-order valence-corrected chi connectivity index (χ4v) is 3.02. The van der Waals surface area contributed by atoms with Crippen LogP contribution in [0.3, 0.4) is 0 Å². The number of benzene rings is 2. The van der Waals surface area contributed by atoms with Crippen molar-refractivity contribution in [3.8, 4) is 11.5 Å². The molecule has 0 bridgehead atoms. The second-order valence-corrected chi connectivity index (χ2v) is 7.44. The molecule has 2 rings (SSSR count). The number of rotatable bonds is 10. The van der Waals surface area contributed by atoms with E-state index in [4.69, 9.17) is 14.2 Å². The van der Waals surface area contributed by atoms with Crippen LogP contribution in [0.4, 0.5) is 10.1 Å². The van der Waals surface area contributed by atoms with Crippen LogP contribution in [-0.2, 0) is 14.3 Å². The van der Waals surface area contributed by atoms with E-state index < -0.39 is 29.4 Å². The van der Waals surface area contributed by atoms with Crippen molar-refractivity contribution in [2.75, 3.05) is 31.9 Å². The van der Waals surface area contributed by atoms with E-state index in [0.717, 1.165) is 11.8 Å². The predicted molar refractivity (Wildman–Crippen MR) is 112 cm³/mol. The molecule has 2 aromatic rings. The lowest BCUT2D eigenvalue weighted by atomic mass is 10.1. The first-order valence-corrected chi connectivity index (χ1v) is 9.97. The molecule has 0 heterocycles. The van der Waals surface area contributed by atoms with Gasteiger partial charge in [0, 0.05) is 11.3 Å². The summed E-state index contributed by atoms with van der Waals surface area (Å²) in [5.41, 5.74) is 0.775. The third kappa shape index (κ3) is 6.77. The third-order valence-corrected chi connectivity index (χ3v) is 5.10. The minimum atomic E-state index is -0.651. The molecule has 0 aliphatic carbocycles. The normalized spacial score (nSPS) is 11.3. The molecule has 1 unspecified atom stereocenters. The molecule has 2 aromatic carbocycles. The van der Waals surface area contributed by atoms with Crippen molar-refractivity contribution in [1.82, 2.24) is 0 Å². The number of halogens is 1. The molecular weight excluding hydrogens is 413 g/mol. The Balaban J connectivity index is 1.79. The summed E-state index contributed by atoms with van der Waals surface area (Å²) >= 11 is 1.07. The number of hydrogen-bond donors (Lipinski definition) is 1. The summed E-state index contributed by atoms with van der Waals surface area (Å²) in [5.74, 6) is -0.870. The maximum absolute atomic E-state index is 12.9. The molecule has 160 valence electrons. The Hall–Kier alpha value is -3.07. The topological polar surface area (TPSA) is 90.9 Å². The summed E-state index contributed by atoms with van der Waals surface area (Å²) in [7, 11) is 2.94. The number of ether oxygens (including phenoxy) is 3. The number of nitrogens with one attached hydrogen (secondary N) is 1. The van der Waals surface area contributed by atoms with Crippen molar-refractivity contribution in [3.05, 3.63) is 53.8 Å². The number of thioether (sulfide) groups is 1. The van der Waals surface area contributed by atoms with E-state index >= 15 is 0 Å². The van der Waals surface area contributed by atoms with E-state index in [1.807, 2.05) is 0 Å². The van der Waals surface area contributed by atoms with E-state index in [2.05, 4.69) is 5.32 Å². The van der Waals surface area contributed by atoms with Crippen molar-refractivity contribution in [1.29, 1.82) is 0 Å². The highest BCUT2D eigenvalue weighted by molar-refractivity contribution is 8.01. The first-order chi connectivity index (χ1) is 14.3. The van der Waals surface area contributed by atoms with Gasteiger partial charge in [-0.15, -0.1) is 11.8 Å². The largest absolute Gasteiger partial charge is 0.493 e. The molecular formula is C21H22FNO6S. The van der Waals surface area contributed by atoms with Gasteiger partial charge in [0.05, 0.1) is 20.0 Å². The molecule has 9 heteroatoms. The molecule has 0 spiro atoms. The molecule has 0 radical (unpaired) electrons. The average Bonchev–Trinajstić information content (AvgIpc) is 2.76. The standard InChI is InChI=1S/C21H22FNO6S/c1-13(30-12-20(25)23-16-7-5-15(22)6-8-16)21(26)29-11-17(24)14-4-9-18(27-2)19(10-14)28-3/h4-10,13H,11-12H2,1-3H3,(H,23,25). The van der Waals surface area contributed by atoms with Crippen LogP contribution in [0.1, 0.15) is 17.3 Å². The highest BCUT2D eigenvalue weighted by atomic mass is 32.2. The fraction of sp³-hybridized carbons (Fsp3) is 0.286. The van der Waals surface area contributed by atoms with Crippen LogP contribution in [0.5, 0.6) is 11.5 Å². The zero-order chi connectivity index (χ0) is 22.1. The lowest BCUT2D eigenvalue weighted by molar-refractivity contribution is -0.141. The predicted octanol–water partition coefficient (Wildman–Crippen LogP) is 3.33. The quantitative estimate of drug-likeness (QED) is 0.452. The molecule has 0 fully saturated rings. The first-order valence-electron chi connectivity index (χ1n) is 8.93. The molecule has 0 saturated carbocycles. The van der Waals surface area contributed by atoms with Gasteiger partial charge < -0.3 is 19.5 Å². The molecule has 1 N–H and O–H groups in total. The lowest BCUT2D eigenvalue weighted by Crippen LogP contribution is -2.23. The van der Waals surface area contributed by atoms with Gasteiger partial charge in [-0.2, -0.15) is 0 Å². The second-order valence-electron chi connectivity index (χ2n) is 6.11. The number of ketones is 1. The zero-order valence-electron chi connectivity index (χ0n) is 16.8. The van der Waals surface area contributed by atoms with Crippen molar-refractivity contribution in [2.24, 2.45) is 0 Å². The molecule has 0 aliphatic heterocycles. The van der Waals surface area contributed by atoms with Crippen LogP contribution >= 0.6 is 11.8 Å². The number of anilines is 1. The van der Waals surface area contributed by atoms with Gasteiger partial charge in [-0.05, 0) is 49.4 Å². The van der Waals surface area contributed by atoms with E-state index in [1.54, 1.807) is 19.1 Å². The van der Waals surface area contributed by atoms with E-state index in [1.165, 1.54) is 44.6 Å². The SMILES string of the molecule is COc1ccc(C(=O)COC(=O)C(C)SCC(=O)Nc2ccc(F)cc2)cc1OC. The average molecular weight is 435 g/mol. The van der Waals surface area contributed by atoms with Gasteiger partial charge in [0.15, 0.2) is 23.9 Å². The summed E-state index contributed by atoms with van der Waals surface area (Å²) in [6, 6.07) is 10.00. The van der Waals surface area contributed by atoms with Crippen LogP contribution in [-0.4, -0.2) is 49.5 Å². The second kappa shape index (κ2) is 11.2. The number of Topliss-reactive ketones (excluding diaryl/α,β-unsaturated/α-hetero) is 1. The monoisotopic (exact) mass is 435 g/mol. The number of hydrogen-bond acceptors (Lipinski definition) is 7. The molecule has 1 amide bonds. The van der Waals surface area contributed by atoms with Gasteiger partial charge in [-0.3, -0.25) is 14.4 Å². The Morgan fingerprint density at radius 1 is 1.03 bits per heavy atom. The van der Waals surface area contributed by atoms with Gasteiger partial charge >= 0.3 is 5.97 Å². The zero-order valence-corrected chi connectivity index (χ0v) is 17.6. The number of methoxy groups -OCH3 is 2. The number of amides is 1. The van der Waals surface area contributed by atoms with Crippen LogP contribution in [0.2, 0.25) is 0 Å². The van der Waals surface area contributed by atoms with Crippen molar-refractivity contribution in [2.45, 2.75) is 12.2 Å². The molecule has 7 nitrogen and oxygen atoms in total. The number of esters is 1. The molecule has 30 heavy (non-hydrogen) atoms. The smallest absolute Gasteiger partial charge is 0.319 e. The minimum Gasteiger partial charge on any atom is -0.493 e.